The Balaban J connectivity index is 2.08. The van der Waals surface area contributed by atoms with Gasteiger partial charge in [0, 0.05) is 27.2 Å². The van der Waals surface area contributed by atoms with Gasteiger partial charge in [0.2, 0.25) is 10.0 Å². The summed E-state index contributed by atoms with van der Waals surface area (Å²) in [6.07, 6.45) is 0.328. The number of carbonyl (C=O) groups is 2. The molecule has 1 saturated heterocycles. The second-order valence-corrected chi connectivity index (χ2v) is 11.4. The number of sulfonamides is 1. The molecule has 2 rings (SSSR count). The fraction of sp³-hybridized carbons (Fsp3) is 0.500. The predicted octanol–water partition coefficient (Wildman–Crippen LogP) is 0.393. The molecule has 156 valence electrons. The van der Waals surface area contributed by atoms with Gasteiger partial charge in [-0.2, -0.15) is 0 Å². The highest BCUT2D eigenvalue weighted by atomic mass is 35.5. The number of amides is 1. The van der Waals surface area contributed by atoms with E-state index in [-0.39, 0.29) is 27.0 Å². The lowest BCUT2D eigenvalue weighted by Gasteiger charge is -2.23. The number of nitrogens with zero attached hydrogens (tertiary/aromatic N) is 2. The molecule has 1 fully saturated rings. The molecule has 28 heavy (non-hydrogen) atoms. The van der Waals surface area contributed by atoms with Gasteiger partial charge < -0.3 is 9.64 Å². The highest BCUT2D eigenvalue weighted by Gasteiger charge is 2.33. The first kappa shape index (κ1) is 22.6. The van der Waals surface area contributed by atoms with E-state index in [0.29, 0.717) is 6.42 Å². The number of rotatable bonds is 6. The molecule has 0 radical (unpaired) electrons. The molecule has 0 saturated carbocycles. The minimum atomic E-state index is -3.78. The Kier molecular flexibility index (Phi) is 6.74. The van der Waals surface area contributed by atoms with E-state index in [2.05, 4.69) is 0 Å². The van der Waals surface area contributed by atoms with Crippen LogP contribution < -0.4 is 0 Å². The molecular formula is C16H21ClN2O7S2. The minimum Gasteiger partial charge on any atom is -0.452 e. The SMILES string of the molecule is CN(C(=O)COC(=O)c1cc(S(=O)(=O)N(C)C)ccc1Cl)[C@H]1CCS(=O)(=O)C1. The van der Waals surface area contributed by atoms with Crippen molar-refractivity contribution in [3.63, 3.8) is 0 Å². The maximum Gasteiger partial charge on any atom is 0.340 e. The van der Waals surface area contributed by atoms with Crippen LogP contribution in [0.2, 0.25) is 5.02 Å². The third-order valence-electron chi connectivity index (χ3n) is 4.41. The van der Waals surface area contributed by atoms with E-state index >= 15 is 0 Å². The number of hydrogen-bond donors (Lipinski definition) is 0. The van der Waals surface area contributed by atoms with Crippen molar-refractivity contribution >= 4 is 43.3 Å². The zero-order valence-corrected chi connectivity index (χ0v) is 18.0. The Hall–Kier alpha value is -1.69. The average Bonchev–Trinajstić information content (AvgIpc) is 2.98. The van der Waals surface area contributed by atoms with E-state index in [0.717, 1.165) is 10.4 Å². The van der Waals surface area contributed by atoms with Crippen molar-refractivity contribution in [1.29, 1.82) is 0 Å². The molecule has 1 amide bonds. The van der Waals surface area contributed by atoms with Crippen molar-refractivity contribution in [1.82, 2.24) is 9.21 Å². The molecule has 1 aliphatic rings. The molecule has 0 aliphatic carbocycles. The summed E-state index contributed by atoms with van der Waals surface area (Å²) in [6, 6.07) is 3.13. The van der Waals surface area contributed by atoms with Crippen LogP contribution >= 0.6 is 11.6 Å². The number of benzene rings is 1. The Morgan fingerprint density at radius 3 is 2.43 bits per heavy atom. The fourth-order valence-corrected chi connectivity index (χ4v) is 5.52. The third kappa shape index (κ3) is 5.02. The van der Waals surface area contributed by atoms with Gasteiger partial charge in [-0.15, -0.1) is 0 Å². The lowest BCUT2D eigenvalue weighted by molar-refractivity contribution is -0.134. The summed E-state index contributed by atoms with van der Waals surface area (Å²) in [6.45, 7) is -0.618. The third-order valence-corrected chi connectivity index (χ3v) is 8.30. The zero-order valence-electron chi connectivity index (χ0n) is 15.6. The van der Waals surface area contributed by atoms with Crippen molar-refractivity contribution in [3.8, 4) is 0 Å². The number of carbonyl (C=O) groups excluding carboxylic acids is 2. The van der Waals surface area contributed by atoms with Gasteiger partial charge in [0.25, 0.3) is 5.91 Å². The van der Waals surface area contributed by atoms with Crippen LogP contribution in [0.5, 0.6) is 0 Å². The first-order valence-electron chi connectivity index (χ1n) is 8.20. The van der Waals surface area contributed by atoms with Crippen molar-refractivity contribution in [2.75, 3.05) is 39.3 Å². The maximum absolute atomic E-state index is 12.3. The Morgan fingerprint density at radius 2 is 1.89 bits per heavy atom. The lowest BCUT2D eigenvalue weighted by atomic mass is 10.2. The van der Waals surface area contributed by atoms with Crippen LogP contribution in [0.15, 0.2) is 23.1 Å². The minimum absolute atomic E-state index is 0.0117. The fourth-order valence-electron chi connectivity index (χ4n) is 2.62. The summed E-state index contributed by atoms with van der Waals surface area (Å²) in [5.74, 6) is -1.64. The average molecular weight is 453 g/mol. The van der Waals surface area contributed by atoms with E-state index in [9.17, 15) is 26.4 Å². The van der Waals surface area contributed by atoms with E-state index < -0.39 is 44.4 Å². The number of esters is 1. The van der Waals surface area contributed by atoms with Gasteiger partial charge in [-0.25, -0.2) is 25.9 Å². The molecule has 1 atom stereocenters. The molecule has 0 bridgehead atoms. The standard InChI is InChI=1S/C16H21ClN2O7S2/c1-18(2)28(24,25)12-4-5-14(17)13(8-12)16(21)26-9-15(20)19(3)11-6-7-27(22,23)10-11/h4-5,8,11H,6-7,9-10H2,1-3H3/t11-/m0/s1. The van der Waals surface area contributed by atoms with Crippen LogP contribution in [0.25, 0.3) is 0 Å². The van der Waals surface area contributed by atoms with Gasteiger partial charge >= 0.3 is 5.97 Å². The van der Waals surface area contributed by atoms with Crippen molar-refractivity contribution in [2.24, 2.45) is 0 Å². The largest absolute Gasteiger partial charge is 0.452 e. The highest BCUT2D eigenvalue weighted by molar-refractivity contribution is 7.91. The van der Waals surface area contributed by atoms with Gasteiger partial charge in [0.15, 0.2) is 16.4 Å². The van der Waals surface area contributed by atoms with Crippen molar-refractivity contribution in [3.05, 3.63) is 28.8 Å². The van der Waals surface area contributed by atoms with Gasteiger partial charge in [-0.1, -0.05) is 11.6 Å². The van der Waals surface area contributed by atoms with E-state index in [1.54, 1.807) is 0 Å². The van der Waals surface area contributed by atoms with Gasteiger partial charge in [-0.05, 0) is 24.6 Å². The number of sulfone groups is 1. The normalized spacial score (nSPS) is 18.8. The molecule has 0 aromatic heterocycles. The number of ether oxygens (including phenoxy) is 1. The summed E-state index contributed by atoms with van der Waals surface area (Å²) in [5.41, 5.74) is -0.191. The topological polar surface area (TPSA) is 118 Å². The zero-order chi connectivity index (χ0) is 21.3. The monoisotopic (exact) mass is 452 g/mol. The summed E-state index contributed by atoms with van der Waals surface area (Å²) in [5, 5.41) is -0.0228. The number of likely N-dealkylation sites (N-methyl/N-ethyl adjacent to an activating group) is 1. The molecule has 0 unspecified atom stereocenters. The van der Waals surface area contributed by atoms with E-state index in [1.165, 1.54) is 38.2 Å². The van der Waals surface area contributed by atoms with Crippen LogP contribution in [0.1, 0.15) is 16.8 Å². The summed E-state index contributed by atoms with van der Waals surface area (Å²) >= 11 is 5.96. The van der Waals surface area contributed by atoms with Gasteiger partial charge in [0.05, 0.1) is 27.0 Å². The molecule has 1 aromatic carbocycles. The Labute approximate surface area is 169 Å². The van der Waals surface area contributed by atoms with Gasteiger partial charge in [-0.3, -0.25) is 4.79 Å². The van der Waals surface area contributed by atoms with Crippen LogP contribution in [0.4, 0.5) is 0 Å². The Morgan fingerprint density at radius 1 is 1.25 bits per heavy atom. The lowest BCUT2D eigenvalue weighted by Crippen LogP contribution is -2.40. The predicted molar refractivity (Wildman–Crippen MR) is 102 cm³/mol. The number of halogens is 1. The molecule has 12 heteroatoms. The molecular weight excluding hydrogens is 432 g/mol. The Bertz CT molecular complexity index is 990. The quantitative estimate of drug-likeness (QED) is 0.573. The number of hydrogen-bond acceptors (Lipinski definition) is 7. The van der Waals surface area contributed by atoms with Crippen LogP contribution in [0.3, 0.4) is 0 Å². The molecule has 1 heterocycles. The van der Waals surface area contributed by atoms with Crippen LogP contribution in [-0.2, 0) is 29.4 Å². The van der Waals surface area contributed by atoms with Crippen molar-refractivity contribution < 1.29 is 31.2 Å². The molecule has 1 aromatic rings. The van der Waals surface area contributed by atoms with Gasteiger partial charge in [0.1, 0.15) is 0 Å². The van der Waals surface area contributed by atoms with Crippen LogP contribution in [0, 0.1) is 0 Å². The molecule has 0 spiro atoms. The molecule has 0 N–H and O–H groups in total. The molecule has 9 nitrogen and oxygen atoms in total. The first-order valence-corrected chi connectivity index (χ1v) is 11.8. The van der Waals surface area contributed by atoms with Crippen LogP contribution in [-0.4, -0.2) is 83.2 Å². The maximum atomic E-state index is 12.3. The summed E-state index contributed by atoms with van der Waals surface area (Å²) in [4.78, 5) is 25.6. The highest BCUT2D eigenvalue weighted by Crippen LogP contribution is 2.23. The summed E-state index contributed by atoms with van der Waals surface area (Å²) in [7, 11) is -2.80. The first-order chi connectivity index (χ1) is 12.8. The summed E-state index contributed by atoms with van der Waals surface area (Å²) < 4.78 is 53.4. The second kappa shape index (κ2) is 8.36. The second-order valence-electron chi connectivity index (χ2n) is 6.57. The van der Waals surface area contributed by atoms with E-state index in [1.807, 2.05) is 0 Å². The molecule has 1 aliphatic heterocycles. The van der Waals surface area contributed by atoms with E-state index in [4.69, 9.17) is 16.3 Å². The van der Waals surface area contributed by atoms with Crippen molar-refractivity contribution in [2.45, 2.75) is 17.4 Å². The smallest absolute Gasteiger partial charge is 0.340 e.